The van der Waals surface area contributed by atoms with Crippen molar-refractivity contribution in [2.75, 3.05) is 52.5 Å². The van der Waals surface area contributed by atoms with Crippen molar-refractivity contribution in [2.45, 2.75) is 31.3 Å². The van der Waals surface area contributed by atoms with Crippen LogP contribution in [-0.2, 0) is 4.74 Å². The molecule has 4 heteroatoms. The highest BCUT2D eigenvalue weighted by atomic mass is 16.5. The first-order chi connectivity index (χ1) is 8.45. The summed E-state index contributed by atoms with van der Waals surface area (Å²) in [6.45, 7) is 8.99. The van der Waals surface area contributed by atoms with Gasteiger partial charge in [-0.3, -0.25) is 9.80 Å². The van der Waals surface area contributed by atoms with E-state index in [9.17, 15) is 0 Å². The van der Waals surface area contributed by atoms with Crippen LogP contribution in [-0.4, -0.2) is 74.4 Å². The van der Waals surface area contributed by atoms with Crippen molar-refractivity contribution in [3.05, 3.63) is 0 Å². The summed E-state index contributed by atoms with van der Waals surface area (Å²) in [5, 5.41) is 3.46. The van der Waals surface area contributed by atoms with E-state index >= 15 is 0 Å². The van der Waals surface area contributed by atoms with Gasteiger partial charge in [0.05, 0.1) is 13.2 Å². The monoisotopic (exact) mass is 239 g/mol. The van der Waals surface area contributed by atoms with Crippen molar-refractivity contribution in [1.82, 2.24) is 15.1 Å². The Bertz CT molecular complexity index is 213. The summed E-state index contributed by atoms with van der Waals surface area (Å²) < 4.78 is 5.47. The number of piperazine rings is 1. The van der Waals surface area contributed by atoms with Crippen molar-refractivity contribution in [1.29, 1.82) is 0 Å². The molecule has 0 aromatic carbocycles. The molecule has 0 unspecified atom stereocenters. The van der Waals surface area contributed by atoms with E-state index in [-0.39, 0.29) is 0 Å². The molecule has 0 amide bonds. The number of nitrogens with zero attached hydrogens (tertiary/aromatic N) is 2. The van der Waals surface area contributed by atoms with E-state index in [0.717, 1.165) is 38.4 Å². The molecule has 3 rings (SSSR count). The topological polar surface area (TPSA) is 27.7 Å². The Labute approximate surface area is 104 Å². The lowest BCUT2D eigenvalue weighted by Crippen LogP contribution is -2.56. The van der Waals surface area contributed by atoms with Gasteiger partial charge in [-0.05, 0) is 12.8 Å². The van der Waals surface area contributed by atoms with Crippen molar-refractivity contribution in [3.63, 3.8) is 0 Å². The van der Waals surface area contributed by atoms with Gasteiger partial charge >= 0.3 is 0 Å². The van der Waals surface area contributed by atoms with Crippen LogP contribution in [0.25, 0.3) is 0 Å². The zero-order valence-corrected chi connectivity index (χ0v) is 10.7. The van der Waals surface area contributed by atoms with Crippen molar-refractivity contribution in [2.24, 2.45) is 0 Å². The predicted molar refractivity (Wildman–Crippen MR) is 68.3 cm³/mol. The number of morpholine rings is 1. The number of hydrogen-bond acceptors (Lipinski definition) is 4. The Morgan fingerprint density at radius 2 is 1.41 bits per heavy atom. The molecule has 98 valence electrons. The van der Waals surface area contributed by atoms with E-state index in [0.29, 0.717) is 0 Å². The fourth-order valence-electron chi connectivity index (χ4n) is 3.70. The molecule has 2 saturated heterocycles. The molecule has 0 aromatic heterocycles. The molecule has 2 aliphatic heterocycles. The number of rotatable bonds is 2. The molecule has 0 spiro atoms. The van der Waals surface area contributed by atoms with E-state index in [1.54, 1.807) is 0 Å². The summed E-state index contributed by atoms with van der Waals surface area (Å²) in [5.74, 6) is 0. The van der Waals surface area contributed by atoms with Crippen LogP contribution >= 0.6 is 0 Å². The second kappa shape index (κ2) is 5.65. The second-order valence-corrected chi connectivity index (χ2v) is 5.50. The van der Waals surface area contributed by atoms with E-state index < -0.39 is 0 Å². The Kier molecular flexibility index (Phi) is 3.96. The minimum Gasteiger partial charge on any atom is -0.379 e. The van der Waals surface area contributed by atoms with Gasteiger partial charge in [0.15, 0.2) is 0 Å². The molecule has 4 nitrogen and oxygen atoms in total. The van der Waals surface area contributed by atoms with Crippen LogP contribution in [0.2, 0.25) is 0 Å². The lowest BCUT2D eigenvalue weighted by Gasteiger charge is -2.41. The normalized spacial score (nSPS) is 37.4. The van der Waals surface area contributed by atoms with Crippen molar-refractivity contribution >= 4 is 0 Å². The average molecular weight is 239 g/mol. The van der Waals surface area contributed by atoms with E-state index in [4.69, 9.17) is 4.74 Å². The zero-order chi connectivity index (χ0) is 11.5. The highest BCUT2D eigenvalue weighted by Gasteiger charge is 2.36. The highest BCUT2D eigenvalue weighted by Crippen LogP contribution is 2.29. The van der Waals surface area contributed by atoms with E-state index in [1.165, 1.54) is 45.4 Å². The fraction of sp³-hybridized carbons (Fsp3) is 1.00. The van der Waals surface area contributed by atoms with Gasteiger partial charge in [0.1, 0.15) is 0 Å². The fourth-order valence-corrected chi connectivity index (χ4v) is 3.70. The van der Waals surface area contributed by atoms with Gasteiger partial charge in [0.2, 0.25) is 0 Å². The van der Waals surface area contributed by atoms with Gasteiger partial charge in [-0.25, -0.2) is 0 Å². The predicted octanol–water partition coefficient (Wildman–Crippen LogP) is 0.145. The minimum atomic E-state index is 0.803. The molecular formula is C13H25N3O. The molecule has 1 aliphatic carbocycles. The molecular weight excluding hydrogens is 214 g/mol. The maximum absolute atomic E-state index is 5.47. The van der Waals surface area contributed by atoms with Gasteiger partial charge in [-0.2, -0.15) is 0 Å². The minimum absolute atomic E-state index is 0.803. The van der Waals surface area contributed by atoms with Crippen LogP contribution in [0.4, 0.5) is 0 Å². The lowest BCUT2D eigenvalue weighted by atomic mass is 10.1. The van der Waals surface area contributed by atoms with Crippen LogP contribution in [0.1, 0.15) is 19.3 Å². The highest BCUT2D eigenvalue weighted by molar-refractivity contribution is 4.93. The van der Waals surface area contributed by atoms with Crippen molar-refractivity contribution in [3.8, 4) is 0 Å². The molecule has 3 aliphatic rings. The molecule has 0 radical (unpaired) electrons. The Morgan fingerprint density at radius 3 is 2.06 bits per heavy atom. The maximum Gasteiger partial charge on any atom is 0.0594 e. The smallest absolute Gasteiger partial charge is 0.0594 e. The van der Waals surface area contributed by atoms with Crippen molar-refractivity contribution < 1.29 is 4.74 Å². The third kappa shape index (κ3) is 2.65. The quantitative estimate of drug-likeness (QED) is 0.742. The first-order valence-corrected chi connectivity index (χ1v) is 7.22. The third-order valence-electron chi connectivity index (χ3n) is 4.58. The average Bonchev–Trinajstić information content (AvgIpc) is 2.90. The Balaban J connectivity index is 1.61. The standard InChI is InChI=1S/C13H25N3O/c1-2-12(15-6-4-14-5-7-15)13(3-1)16-8-10-17-11-9-16/h12-14H,1-11H2/t12-,13-/m1/s1. The summed E-state index contributed by atoms with van der Waals surface area (Å²) >= 11 is 0. The maximum atomic E-state index is 5.47. The van der Waals surface area contributed by atoms with Crippen LogP contribution in [0.5, 0.6) is 0 Å². The third-order valence-corrected chi connectivity index (χ3v) is 4.58. The summed E-state index contributed by atoms with van der Waals surface area (Å²) in [6.07, 6.45) is 4.22. The van der Waals surface area contributed by atoms with Gasteiger partial charge in [0, 0.05) is 51.4 Å². The SMILES string of the molecule is C1C[C@@H](N2CCNCC2)[C@H](N2CCOCC2)C1. The van der Waals surface area contributed by atoms with Crippen LogP contribution in [0.3, 0.4) is 0 Å². The van der Waals surface area contributed by atoms with Gasteiger partial charge < -0.3 is 10.1 Å². The van der Waals surface area contributed by atoms with Crippen LogP contribution < -0.4 is 5.32 Å². The Morgan fingerprint density at radius 1 is 0.824 bits per heavy atom. The molecule has 1 saturated carbocycles. The summed E-state index contributed by atoms with van der Waals surface area (Å²) in [7, 11) is 0. The number of hydrogen-bond donors (Lipinski definition) is 1. The zero-order valence-electron chi connectivity index (χ0n) is 10.7. The number of ether oxygens (including phenoxy) is 1. The van der Waals surface area contributed by atoms with Crippen LogP contribution in [0.15, 0.2) is 0 Å². The van der Waals surface area contributed by atoms with E-state index in [2.05, 4.69) is 15.1 Å². The summed E-state index contributed by atoms with van der Waals surface area (Å²) in [6, 6.07) is 1.62. The molecule has 17 heavy (non-hydrogen) atoms. The van der Waals surface area contributed by atoms with Gasteiger partial charge in [-0.1, -0.05) is 6.42 Å². The number of nitrogens with one attached hydrogen (secondary N) is 1. The largest absolute Gasteiger partial charge is 0.379 e. The molecule has 0 aromatic rings. The molecule has 3 fully saturated rings. The lowest BCUT2D eigenvalue weighted by molar-refractivity contribution is -0.00318. The first-order valence-electron chi connectivity index (χ1n) is 7.22. The van der Waals surface area contributed by atoms with Gasteiger partial charge in [0.25, 0.3) is 0 Å². The summed E-state index contributed by atoms with van der Waals surface area (Å²) in [4.78, 5) is 5.41. The first kappa shape index (κ1) is 11.9. The summed E-state index contributed by atoms with van der Waals surface area (Å²) in [5.41, 5.74) is 0. The Hall–Kier alpha value is -0.160. The second-order valence-electron chi connectivity index (χ2n) is 5.50. The molecule has 2 atom stereocenters. The van der Waals surface area contributed by atoms with E-state index in [1.807, 2.05) is 0 Å². The van der Waals surface area contributed by atoms with Crippen LogP contribution in [0, 0.1) is 0 Å². The molecule has 1 N–H and O–H groups in total. The molecule has 0 bridgehead atoms. The molecule has 2 heterocycles. The van der Waals surface area contributed by atoms with Gasteiger partial charge in [-0.15, -0.1) is 0 Å².